The number of hydrogen-bond acceptors (Lipinski definition) is 6. The van der Waals surface area contributed by atoms with E-state index in [9.17, 15) is 4.79 Å². The smallest absolute Gasteiger partial charge is 0.252 e. The quantitative estimate of drug-likeness (QED) is 0.510. The topological polar surface area (TPSA) is 75.1 Å². The molecule has 1 fully saturated rings. The number of benzene rings is 2. The van der Waals surface area contributed by atoms with E-state index in [1.807, 2.05) is 24.3 Å². The van der Waals surface area contributed by atoms with Crippen LogP contribution in [0.1, 0.15) is 11.1 Å². The van der Waals surface area contributed by atoms with Gasteiger partial charge >= 0.3 is 0 Å². The Morgan fingerprint density at radius 3 is 2.47 bits per heavy atom. The molecule has 1 saturated heterocycles. The highest BCUT2D eigenvalue weighted by Gasteiger charge is 2.11. The molecule has 0 saturated carbocycles. The number of anilines is 3. The summed E-state index contributed by atoms with van der Waals surface area (Å²) in [5, 5.41) is 7.48. The molecule has 0 aliphatic carbocycles. The van der Waals surface area contributed by atoms with Gasteiger partial charge in [-0.2, -0.15) is 4.98 Å². The second kappa shape index (κ2) is 8.80. The Bertz CT molecular complexity index is 1270. The van der Waals surface area contributed by atoms with E-state index >= 15 is 0 Å². The first-order valence-electron chi connectivity index (χ1n) is 10.9. The standard InChI is InChI=1S/C25H26N6O/c1-18-2-4-19(5-3-18)17-31-23(32)11-6-20-16-27-25(29-24(20)31)28-21-7-9-22(10-8-21)30-14-12-26-13-15-30/h2-11,16,26H,12-15,17H2,1H3,(H,27,28,29). The Morgan fingerprint density at radius 1 is 0.969 bits per heavy atom. The fraction of sp³-hybridized carbons (Fsp3) is 0.240. The number of nitrogens with zero attached hydrogens (tertiary/aromatic N) is 4. The summed E-state index contributed by atoms with van der Waals surface area (Å²) in [6.45, 7) is 6.56. The molecule has 162 valence electrons. The third-order valence-corrected chi connectivity index (χ3v) is 5.79. The van der Waals surface area contributed by atoms with E-state index < -0.39 is 0 Å². The monoisotopic (exact) mass is 426 g/mol. The number of nitrogens with one attached hydrogen (secondary N) is 2. The highest BCUT2D eigenvalue weighted by molar-refractivity contribution is 5.76. The maximum absolute atomic E-state index is 12.6. The number of fused-ring (bicyclic) bond motifs is 1. The van der Waals surface area contributed by atoms with Gasteiger partial charge in [0.1, 0.15) is 5.65 Å². The molecule has 0 atom stereocenters. The molecule has 32 heavy (non-hydrogen) atoms. The number of hydrogen-bond donors (Lipinski definition) is 2. The Kier molecular flexibility index (Phi) is 5.56. The van der Waals surface area contributed by atoms with E-state index in [1.165, 1.54) is 11.3 Å². The molecular weight excluding hydrogens is 400 g/mol. The third kappa shape index (κ3) is 4.33. The first-order valence-corrected chi connectivity index (χ1v) is 10.9. The van der Waals surface area contributed by atoms with Gasteiger partial charge in [0.2, 0.25) is 5.95 Å². The van der Waals surface area contributed by atoms with Crippen LogP contribution < -0.4 is 21.1 Å². The maximum atomic E-state index is 12.6. The lowest BCUT2D eigenvalue weighted by Crippen LogP contribution is -2.43. The van der Waals surface area contributed by atoms with E-state index in [1.54, 1.807) is 22.9 Å². The van der Waals surface area contributed by atoms with Crippen LogP contribution in [-0.2, 0) is 6.54 Å². The predicted octanol–water partition coefficient (Wildman–Crippen LogP) is 3.30. The first kappa shape index (κ1) is 20.2. The summed E-state index contributed by atoms with van der Waals surface area (Å²) in [7, 11) is 0. The Morgan fingerprint density at radius 2 is 1.72 bits per heavy atom. The molecule has 1 aliphatic rings. The minimum absolute atomic E-state index is 0.0805. The molecule has 5 rings (SSSR count). The largest absolute Gasteiger partial charge is 0.369 e. The molecule has 0 radical (unpaired) electrons. The van der Waals surface area contributed by atoms with Gasteiger partial charge < -0.3 is 15.5 Å². The number of rotatable bonds is 5. The molecule has 7 nitrogen and oxygen atoms in total. The van der Waals surface area contributed by atoms with Crippen LogP contribution in [0.5, 0.6) is 0 Å². The Balaban J connectivity index is 1.41. The minimum Gasteiger partial charge on any atom is -0.369 e. The van der Waals surface area contributed by atoms with Crippen LogP contribution in [0.15, 0.2) is 71.7 Å². The van der Waals surface area contributed by atoms with Gasteiger partial charge in [-0.1, -0.05) is 29.8 Å². The Hall–Kier alpha value is -3.71. The molecule has 2 aromatic carbocycles. The molecule has 4 aromatic rings. The van der Waals surface area contributed by atoms with Crippen molar-refractivity contribution in [2.75, 3.05) is 36.4 Å². The number of aryl methyl sites for hydroxylation is 1. The summed E-state index contributed by atoms with van der Waals surface area (Å²) >= 11 is 0. The molecule has 1 aliphatic heterocycles. The zero-order chi connectivity index (χ0) is 21.9. The van der Waals surface area contributed by atoms with Crippen LogP contribution in [0.25, 0.3) is 11.0 Å². The van der Waals surface area contributed by atoms with E-state index in [2.05, 4.69) is 56.7 Å². The van der Waals surface area contributed by atoms with Gasteiger partial charge in [0, 0.05) is 55.2 Å². The lowest BCUT2D eigenvalue weighted by atomic mass is 10.1. The molecular formula is C25H26N6O. The average Bonchev–Trinajstić information content (AvgIpc) is 2.83. The highest BCUT2D eigenvalue weighted by atomic mass is 16.1. The molecule has 0 bridgehead atoms. The fourth-order valence-corrected chi connectivity index (χ4v) is 3.97. The van der Waals surface area contributed by atoms with E-state index in [0.717, 1.165) is 42.8 Å². The second-order valence-corrected chi connectivity index (χ2v) is 8.12. The zero-order valence-corrected chi connectivity index (χ0v) is 18.1. The van der Waals surface area contributed by atoms with Gasteiger partial charge in [0.05, 0.1) is 6.54 Å². The average molecular weight is 427 g/mol. The summed E-state index contributed by atoms with van der Waals surface area (Å²) in [5.74, 6) is 0.468. The van der Waals surface area contributed by atoms with Crippen LogP contribution in [0.4, 0.5) is 17.3 Å². The van der Waals surface area contributed by atoms with Crippen LogP contribution in [-0.4, -0.2) is 40.7 Å². The van der Waals surface area contributed by atoms with E-state index in [4.69, 9.17) is 0 Å². The number of pyridine rings is 1. The number of aromatic nitrogens is 3. The van der Waals surface area contributed by atoms with Crippen molar-refractivity contribution in [2.24, 2.45) is 0 Å². The SMILES string of the molecule is Cc1ccc(Cn2c(=O)ccc3cnc(Nc4ccc(N5CCNCC5)cc4)nc32)cc1. The highest BCUT2D eigenvalue weighted by Crippen LogP contribution is 2.21. The van der Waals surface area contributed by atoms with Crippen molar-refractivity contribution < 1.29 is 0 Å². The predicted molar refractivity (Wildman–Crippen MR) is 129 cm³/mol. The lowest BCUT2D eigenvalue weighted by molar-refractivity contribution is 0.589. The van der Waals surface area contributed by atoms with Crippen molar-refractivity contribution in [1.82, 2.24) is 19.9 Å². The molecule has 7 heteroatoms. The van der Waals surface area contributed by atoms with E-state index in [0.29, 0.717) is 18.1 Å². The van der Waals surface area contributed by atoms with Gasteiger partial charge in [-0.15, -0.1) is 0 Å². The van der Waals surface area contributed by atoms with Crippen molar-refractivity contribution in [2.45, 2.75) is 13.5 Å². The van der Waals surface area contributed by atoms with Crippen molar-refractivity contribution in [3.63, 3.8) is 0 Å². The van der Waals surface area contributed by atoms with Gasteiger partial charge in [0.25, 0.3) is 5.56 Å². The van der Waals surface area contributed by atoms with Crippen molar-refractivity contribution in [1.29, 1.82) is 0 Å². The maximum Gasteiger partial charge on any atom is 0.252 e. The number of piperazine rings is 1. The lowest BCUT2D eigenvalue weighted by Gasteiger charge is -2.29. The summed E-state index contributed by atoms with van der Waals surface area (Å²) < 4.78 is 1.69. The summed E-state index contributed by atoms with van der Waals surface area (Å²) in [6.07, 6.45) is 1.75. The van der Waals surface area contributed by atoms with Gasteiger partial charge in [-0.25, -0.2) is 4.98 Å². The van der Waals surface area contributed by atoms with Crippen LogP contribution in [0.3, 0.4) is 0 Å². The minimum atomic E-state index is -0.0805. The van der Waals surface area contributed by atoms with Crippen molar-refractivity contribution in [3.05, 3.63) is 88.3 Å². The molecule has 2 aromatic heterocycles. The Labute approximate surface area is 186 Å². The van der Waals surface area contributed by atoms with Crippen LogP contribution >= 0.6 is 0 Å². The third-order valence-electron chi connectivity index (χ3n) is 5.79. The summed E-state index contributed by atoms with van der Waals surface area (Å²) in [5.41, 5.74) is 4.91. The van der Waals surface area contributed by atoms with Gasteiger partial charge in [0.15, 0.2) is 0 Å². The van der Waals surface area contributed by atoms with E-state index in [-0.39, 0.29) is 5.56 Å². The summed E-state index contributed by atoms with van der Waals surface area (Å²) in [4.78, 5) is 24.1. The molecule has 2 N–H and O–H groups in total. The normalized spacial score (nSPS) is 14.0. The molecule has 0 amide bonds. The first-order chi connectivity index (χ1) is 15.7. The van der Waals surface area contributed by atoms with Gasteiger partial charge in [-0.05, 0) is 42.8 Å². The van der Waals surface area contributed by atoms with Crippen LogP contribution in [0.2, 0.25) is 0 Å². The zero-order valence-electron chi connectivity index (χ0n) is 18.1. The second-order valence-electron chi connectivity index (χ2n) is 8.12. The van der Waals surface area contributed by atoms with Crippen molar-refractivity contribution in [3.8, 4) is 0 Å². The van der Waals surface area contributed by atoms with Crippen molar-refractivity contribution >= 4 is 28.4 Å². The molecule has 0 unspecified atom stereocenters. The summed E-state index contributed by atoms with van der Waals surface area (Å²) in [6, 6.07) is 19.8. The van der Waals surface area contributed by atoms with Gasteiger partial charge in [-0.3, -0.25) is 9.36 Å². The molecule has 3 heterocycles. The molecule has 0 spiro atoms. The van der Waals surface area contributed by atoms with Crippen LogP contribution in [0, 0.1) is 6.92 Å². The fourth-order valence-electron chi connectivity index (χ4n) is 3.97.